The van der Waals surface area contributed by atoms with Gasteiger partial charge in [0.2, 0.25) is 15.9 Å². The highest BCUT2D eigenvalue weighted by molar-refractivity contribution is 7.88. The summed E-state index contributed by atoms with van der Waals surface area (Å²) >= 11 is 0. The second-order valence-electron chi connectivity index (χ2n) is 4.79. The van der Waals surface area contributed by atoms with Gasteiger partial charge in [-0.3, -0.25) is 4.79 Å². The number of carbonyl (C=O) groups excluding carboxylic acids is 1. The van der Waals surface area contributed by atoms with Crippen LogP contribution in [0.2, 0.25) is 0 Å². The number of piperidine rings is 1. The van der Waals surface area contributed by atoms with Crippen LogP contribution in [0.1, 0.15) is 25.7 Å². The highest BCUT2D eigenvalue weighted by Crippen LogP contribution is 2.31. The molecule has 1 N–H and O–H groups in total. The second kappa shape index (κ2) is 4.33. The lowest BCUT2D eigenvalue weighted by molar-refractivity contribution is -0.133. The van der Waals surface area contributed by atoms with Gasteiger partial charge in [0, 0.05) is 25.0 Å². The number of hydrogen-bond donors (Lipinski definition) is 1. The fourth-order valence-electron chi connectivity index (χ4n) is 2.16. The van der Waals surface area contributed by atoms with Gasteiger partial charge in [0.15, 0.2) is 0 Å². The summed E-state index contributed by atoms with van der Waals surface area (Å²) in [6.45, 7) is 1.31. The summed E-state index contributed by atoms with van der Waals surface area (Å²) in [5, 5.41) is 0. The van der Waals surface area contributed by atoms with E-state index in [0.717, 1.165) is 38.5 Å². The Labute approximate surface area is 96.2 Å². The van der Waals surface area contributed by atoms with Gasteiger partial charge >= 0.3 is 0 Å². The predicted octanol–water partition coefficient (Wildman–Crippen LogP) is -0.0634. The number of sulfonamides is 1. The highest BCUT2D eigenvalue weighted by Gasteiger charge is 2.35. The Balaban J connectivity index is 1.90. The molecular formula is C10H18N2O3S. The van der Waals surface area contributed by atoms with Crippen molar-refractivity contribution in [2.24, 2.45) is 5.92 Å². The van der Waals surface area contributed by atoms with Crippen LogP contribution >= 0.6 is 0 Å². The summed E-state index contributed by atoms with van der Waals surface area (Å²) in [5.41, 5.74) is 0. The van der Waals surface area contributed by atoms with E-state index in [9.17, 15) is 13.2 Å². The molecule has 2 fully saturated rings. The van der Waals surface area contributed by atoms with Gasteiger partial charge in [-0.25, -0.2) is 13.1 Å². The fraction of sp³-hybridized carbons (Fsp3) is 0.900. The lowest BCUT2D eigenvalue weighted by Gasteiger charge is -2.32. The van der Waals surface area contributed by atoms with Crippen molar-refractivity contribution in [1.29, 1.82) is 0 Å². The number of carbonyl (C=O) groups is 1. The quantitative estimate of drug-likeness (QED) is 0.758. The van der Waals surface area contributed by atoms with Crippen LogP contribution in [0.5, 0.6) is 0 Å². The van der Waals surface area contributed by atoms with Crippen molar-refractivity contribution in [3.63, 3.8) is 0 Å². The molecule has 1 saturated heterocycles. The molecule has 1 saturated carbocycles. The third-order valence-corrected chi connectivity index (χ3v) is 3.80. The molecule has 0 aromatic rings. The minimum absolute atomic E-state index is 0.105. The molecule has 1 heterocycles. The molecule has 16 heavy (non-hydrogen) atoms. The first-order valence-corrected chi connectivity index (χ1v) is 7.61. The monoisotopic (exact) mass is 246 g/mol. The van der Waals surface area contributed by atoms with Crippen LogP contribution in [0.4, 0.5) is 0 Å². The molecule has 0 aromatic heterocycles. The van der Waals surface area contributed by atoms with E-state index in [1.807, 2.05) is 4.90 Å². The Hall–Kier alpha value is -0.620. The summed E-state index contributed by atoms with van der Waals surface area (Å²) < 4.78 is 24.8. The Bertz CT molecular complexity index is 376. The van der Waals surface area contributed by atoms with Crippen molar-refractivity contribution in [1.82, 2.24) is 9.62 Å². The molecule has 1 aliphatic carbocycles. The van der Waals surface area contributed by atoms with Gasteiger partial charge in [0.1, 0.15) is 0 Å². The van der Waals surface area contributed by atoms with Crippen molar-refractivity contribution < 1.29 is 13.2 Å². The van der Waals surface area contributed by atoms with Crippen LogP contribution < -0.4 is 4.72 Å². The van der Waals surface area contributed by atoms with Gasteiger partial charge in [-0.1, -0.05) is 0 Å². The average molecular weight is 246 g/mol. The molecule has 2 rings (SSSR count). The number of nitrogens with one attached hydrogen (secondary N) is 1. The Kier molecular flexibility index (Phi) is 3.21. The third-order valence-electron chi connectivity index (χ3n) is 3.04. The molecule has 1 amide bonds. The summed E-state index contributed by atoms with van der Waals surface area (Å²) in [6, 6.07) is -0.105. The number of likely N-dealkylation sites (tertiary alicyclic amines) is 1. The normalized spacial score (nSPS) is 26.8. The largest absolute Gasteiger partial charge is 0.341 e. The summed E-state index contributed by atoms with van der Waals surface area (Å²) in [7, 11) is -3.17. The Morgan fingerprint density at radius 1 is 1.31 bits per heavy atom. The molecule has 2 aliphatic rings. The molecule has 92 valence electrons. The van der Waals surface area contributed by atoms with Crippen molar-refractivity contribution in [3.05, 3.63) is 0 Å². The van der Waals surface area contributed by atoms with E-state index >= 15 is 0 Å². The van der Waals surface area contributed by atoms with Crippen molar-refractivity contribution in [2.75, 3.05) is 19.3 Å². The van der Waals surface area contributed by atoms with Crippen LogP contribution in [0.15, 0.2) is 0 Å². The third kappa shape index (κ3) is 3.18. The molecule has 0 bridgehead atoms. The molecule has 1 aliphatic heterocycles. The van der Waals surface area contributed by atoms with Crippen LogP contribution in [0.25, 0.3) is 0 Å². The standard InChI is InChI=1S/C10H18N2O3S/c1-16(14,15)11-9-3-2-6-12(7-9)10(13)8-4-5-8/h8-9,11H,2-7H2,1H3/t9-/m0/s1. The lowest BCUT2D eigenvalue weighted by atomic mass is 10.1. The van der Waals surface area contributed by atoms with Crippen LogP contribution in [-0.2, 0) is 14.8 Å². The average Bonchev–Trinajstić information content (AvgIpc) is 2.97. The zero-order chi connectivity index (χ0) is 11.8. The zero-order valence-electron chi connectivity index (χ0n) is 9.48. The van der Waals surface area contributed by atoms with Crippen molar-refractivity contribution >= 4 is 15.9 Å². The van der Waals surface area contributed by atoms with E-state index in [1.165, 1.54) is 0 Å². The maximum atomic E-state index is 11.8. The van der Waals surface area contributed by atoms with E-state index in [1.54, 1.807) is 0 Å². The summed E-state index contributed by atoms with van der Waals surface area (Å²) in [6.07, 6.45) is 4.86. The number of rotatable bonds is 3. The van der Waals surface area contributed by atoms with Crippen molar-refractivity contribution in [3.8, 4) is 0 Å². The summed E-state index contributed by atoms with van der Waals surface area (Å²) in [5.74, 6) is 0.428. The zero-order valence-corrected chi connectivity index (χ0v) is 10.3. The fourth-order valence-corrected chi connectivity index (χ4v) is 2.96. The van der Waals surface area contributed by atoms with Crippen molar-refractivity contribution in [2.45, 2.75) is 31.7 Å². The molecule has 6 heteroatoms. The van der Waals surface area contributed by atoms with Gasteiger partial charge in [0.05, 0.1) is 6.26 Å². The maximum Gasteiger partial charge on any atom is 0.225 e. The SMILES string of the molecule is CS(=O)(=O)N[C@H]1CCCN(C(=O)C2CC2)C1. The summed E-state index contributed by atoms with van der Waals surface area (Å²) in [4.78, 5) is 13.6. The Morgan fingerprint density at radius 3 is 2.56 bits per heavy atom. The molecule has 1 atom stereocenters. The Morgan fingerprint density at radius 2 is 2.00 bits per heavy atom. The molecule has 0 unspecified atom stereocenters. The van der Waals surface area contributed by atoms with E-state index in [2.05, 4.69) is 4.72 Å². The van der Waals surface area contributed by atoms with E-state index < -0.39 is 10.0 Å². The predicted molar refractivity (Wildman–Crippen MR) is 60.3 cm³/mol. The second-order valence-corrected chi connectivity index (χ2v) is 6.57. The number of amides is 1. The van der Waals surface area contributed by atoms with Gasteiger partial charge in [-0.15, -0.1) is 0 Å². The number of hydrogen-bond acceptors (Lipinski definition) is 3. The smallest absolute Gasteiger partial charge is 0.225 e. The van der Waals surface area contributed by atoms with E-state index in [-0.39, 0.29) is 17.9 Å². The molecule has 0 aromatic carbocycles. The van der Waals surface area contributed by atoms with Crippen LogP contribution in [0, 0.1) is 5.92 Å². The first-order chi connectivity index (χ1) is 7.46. The molecular weight excluding hydrogens is 228 g/mol. The molecule has 5 nitrogen and oxygen atoms in total. The topological polar surface area (TPSA) is 66.5 Å². The van der Waals surface area contributed by atoms with Gasteiger partial charge in [-0.05, 0) is 25.7 Å². The minimum Gasteiger partial charge on any atom is -0.341 e. The van der Waals surface area contributed by atoms with Crippen LogP contribution in [0.3, 0.4) is 0 Å². The number of nitrogens with zero attached hydrogens (tertiary/aromatic N) is 1. The maximum absolute atomic E-state index is 11.8. The first-order valence-electron chi connectivity index (χ1n) is 5.72. The first kappa shape index (κ1) is 11.9. The van der Waals surface area contributed by atoms with Gasteiger partial charge in [0.25, 0.3) is 0 Å². The van der Waals surface area contributed by atoms with E-state index in [0.29, 0.717) is 6.54 Å². The molecule has 0 radical (unpaired) electrons. The highest BCUT2D eigenvalue weighted by atomic mass is 32.2. The van der Waals surface area contributed by atoms with Gasteiger partial charge in [-0.2, -0.15) is 0 Å². The minimum atomic E-state index is -3.17. The van der Waals surface area contributed by atoms with Crippen LogP contribution in [-0.4, -0.2) is 44.6 Å². The lowest BCUT2D eigenvalue weighted by Crippen LogP contribution is -2.49. The van der Waals surface area contributed by atoms with E-state index in [4.69, 9.17) is 0 Å². The van der Waals surface area contributed by atoms with Gasteiger partial charge < -0.3 is 4.90 Å². The molecule has 0 spiro atoms.